The summed E-state index contributed by atoms with van der Waals surface area (Å²) in [5.41, 5.74) is 2.25. The number of aryl methyl sites for hydroxylation is 1. The van der Waals surface area contributed by atoms with Gasteiger partial charge < -0.3 is 14.8 Å². The van der Waals surface area contributed by atoms with Gasteiger partial charge in [-0.15, -0.1) is 17.9 Å². The summed E-state index contributed by atoms with van der Waals surface area (Å²) in [7, 11) is 3.32. The molecule has 2 rings (SSSR count). The number of thiazole rings is 1. The molecule has 0 radical (unpaired) electrons. The lowest BCUT2D eigenvalue weighted by atomic mass is 10.1. The summed E-state index contributed by atoms with van der Waals surface area (Å²) in [6.07, 6.45) is 4.54. The van der Waals surface area contributed by atoms with Crippen molar-refractivity contribution < 1.29 is 9.47 Å². The van der Waals surface area contributed by atoms with Gasteiger partial charge in [-0.1, -0.05) is 12.1 Å². The lowest BCUT2D eigenvalue weighted by Gasteiger charge is -2.14. The number of aromatic nitrogens is 1. The van der Waals surface area contributed by atoms with Crippen LogP contribution in [0.1, 0.15) is 21.0 Å². The summed E-state index contributed by atoms with van der Waals surface area (Å²) in [4.78, 5) is 5.50. The number of rotatable bonds is 8. The summed E-state index contributed by atoms with van der Waals surface area (Å²) in [5.74, 6) is 1.54. The number of allylic oxidation sites excluding steroid dienone is 1. The number of ether oxygens (including phenoxy) is 2. The van der Waals surface area contributed by atoms with E-state index in [1.54, 1.807) is 25.6 Å². The van der Waals surface area contributed by atoms with Crippen molar-refractivity contribution in [3.63, 3.8) is 0 Å². The van der Waals surface area contributed by atoms with Gasteiger partial charge in [0, 0.05) is 29.7 Å². The summed E-state index contributed by atoms with van der Waals surface area (Å²) < 4.78 is 10.9. The van der Waals surface area contributed by atoms with Crippen LogP contribution in [0, 0.1) is 6.92 Å². The molecule has 2 aromatic rings. The van der Waals surface area contributed by atoms with Gasteiger partial charge in [-0.25, -0.2) is 4.98 Å². The average molecular weight is 318 g/mol. The van der Waals surface area contributed by atoms with E-state index < -0.39 is 0 Å². The van der Waals surface area contributed by atoms with Crippen molar-refractivity contribution in [3.05, 3.63) is 52.0 Å². The molecule has 4 nitrogen and oxygen atoms in total. The van der Waals surface area contributed by atoms with Gasteiger partial charge in [-0.05, 0) is 25.0 Å². The van der Waals surface area contributed by atoms with E-state index in [0.717, 1.165) is 47.1 Å². The first-order valence-electron chi connectivity index (χ1n) is 7.14. The molecule has 1 aromatic heterocycles. The molecule has 0 saturated carbocycles. The fourth-order valence-corrected chi connectivity index (χ4v) is 3.10. The molecule has 0 aliphatic heterocycles. The van der Waals surface area contributed by atoms with Gasteiger partial charge in [-0.2, -0.15) is 0 Å². The van der Waals surface area contributed by atoms with E-state index in [4.69, 9.17) is 9.47 Å². The van der Waals surface area contributed by atoms with Crippen molar-refractivity contribution in [2.24, 2.45) is 0 Å². The molecule has 0 atom stereocenters. The highest BCUT2D eigenvalue weighted by Crippen LogP contribution is 2.33. The molecule has 0 unspecified atom stereocenters. The average Bonchev–Trinajstić information content (AvgIpc) is 2.92. The van der Waals surface area contributed by atoms with Gasteiger partial charge in [0.25, 0.3) is 0 Å². The van der Waals surface area contributed by atoms with Crippen LogP contribution in [-0.4, -0.2) is 19.2 Å². The van der Waals surface area contributed by atoms with Crippen molar-refractivity contribution in [2.75, 3.05) is 14.2 Å². The molecular weight excluding hydrogens is 296 g/mol. The molecule has 0 aliphatic rings. The van der Waals surface area contributed by atoms with Crippen LogP contribution >= 0.6 is 11.3 Å². The first kappa shape index (κ1) is 16.5. The Hall–Kier alpha value is -1.85. The smallest absolute Gasteiger partial charge is 0.164 e. The van der Waals surface area contributed by atoms with Gasteiger partial charge in [0.05, 0.1) is 19.2 Å². The van der Waals surface area contributed by atoms with Gasteiger partial charge in [-0.3, -0.25) is 0 Å². The Balaban J connectivity index is 2.09. The van der Waals surface area contributed by atoms with Crippen molar-refractivity contribution >= 4 is 11.3 Å². The molecule has 0 amide bonds. The number of hydrogen-bond acceptors (Lipinski definition) is 5. The molecule has 0 bridgehead atoms. The molecule has 1 N–H and O–H groups in total. The van der Waals surface area contributed by atoms with Crippen LogP contribution in [0.3, 0.4) is 0 Å². The second kappa shape index (κ2) is 7.96. The van der Waals surface area contributed by atoms with Crippen LogP contribution in [0.2, 0.25) is 0 Å². The maximum absolute atomic E-state index is 5.45. The molecule has 22 heavy (non-hydrogen) atoms. The van der Waals surface area contributed by atoms with Crippen molar-refractivity contribution in [1.29, 1.82) is 0 Å². The zero-order chi connectivity index (χ0) is 15.9. The van der Waals surface area contributed by atoms with E-state index in [9.17, 15) is 0 Å². The predicted molar refractivity (Wildman–Crippen MR) is 90.8 cm³/mol. The van der Waals surface area contributed by atoms with Crippen LogP contribution in [0.4, 0.5) is 0 Å². The van der Waals surface area contributed by atoms with Crippen LogP contribution < -0.4 is 14.8 Å². The molecule has 1 heterocycles. The Bertz CT molecular complexity index is 638. The zero-order valence-electron chi connectivity index (χ0n) is 13.3. The van der Waals surface area contributed by atoms with Crippen molar-refractivity contribution in [1.82, 2.24) is 10.3 Å². The Kier molecular flexibility index (Phi) is 5.98. The molecule has 0 aliphatic carbocycles. The van der Waals surface area contributed by atoms with Gasteiger partial charge in [0.15, 0.2) is 11.5 Å². The monoisotopic (exact) mass is 318 g/mol. The molecule has 0 spiro atoms. The van der Waals surface area contributed by atoms with E-state index in [0.29, 0.717) is 0 Å². The van der Waals surface area contributed by atoms with Crippen LogP contribution in [0.15, 0.2) is 31.0 Å². The zero-order valence-corrected chi connectivity index (χ0v) is 14.1. The van der Waals surface area contributed by atoms with Crippen LogP contribution in [0.25, 0.3) is 0 Å². The number of benzene rings is 1. The minimum absolute atomic E-state index is 0.751. The number of hydrogen-bond donors (Lipinski definition) is 1. The second-order valence-electron chi connectivity index (χ2n) is 4.93. The van der Waals surface area contributed by atoms with Gasteiger partial charge >= 0.3 is 0 Å². The summed E-state index contributed by atoms with van der Waals surface area (Å²) in [6.45, 7) is 7.40. The Labute approximate surface area is 135 Å². The highest BCUT2D eigenvalue weighted by atomic mass is 32.1. The topological polar surface area (TPSA) is 43.4 Å². The first-order valence-corrected chi connectivity index (χ1v) is 7.96. The Morgan fingerprint density at radius 2 is 2.09 bits per heavy atom. The maximum Gasteiger partial charge on any atom is 0.164 e. The normalized spacial score (nSPS) is 10.5. The number of methoxy groups -OCH3 is 2. The van der Waals surface area contributed by atoms with E-state index in [1.807, 2.05) is 25.3 Å². The third kappa shape index (κ3) is 4.08. The quantitative estimate of drug-likeness (QED) is 0.757. The minimum Gasteiger partial charge on any atom is -0.493 e. The number of nitrogens with zero attached hydrogens (tertiary/aromatic N) is 1. The fourth-order valence-electron chi connectivity index (χ4n) is 2.33. The third-order valence-electron chi connectivity index (χ3n) is 3.28. The lowest BCUT2D eigenvalue weighted by Crippen LogP contribution is -2.12. The highest BCUT2D eigenvalue weighted by molar-refractivity contribution is 7.11. The highest BCUT2D eigenvalue weighted by Gasteiger charge is 2.11. The minimum atomic E-state index is 0.751. The first-order chi connectivity index (χ1) is 10.7. The largest absolute Gasteiger partial charge is 0.493 e. The Morgan fingerprint density at radius 3 is 2.68 bits per heavy atom. The molecule has 0 saturated heterocycles. The molecule has 1 aromatic carbocycles. The summed E-state index contributed by atoms with van der Waals surface area (Å²) in [5, 5.41) is 4.53. The van der Waals surface area contributed by atoms with Crippen molar-refractivity contribution in [2.45, 2.75) is 26.4 Å². The Morgan fingerprint density at radius 1 is 1.27 bits per heavy atom. The molecule has 118 valence electrons. The number of nitrogens with one attached hydrogen (secondary N) is 1. The van der Waals surface area contributed by atoms with E-state index in [1.165, 1.54) is 4.88 Å². The van der Waals surface area contributed by atoms with Gasteiger partial charge in [0.1, 0.15) is 0 Å². The fraction of sp³-hybridized carbons (Fsp3) is 0.353. The van der Waals surface area contributed by atoms with E-state index in [2.05, 4.69) is 22.9 Å². The second-order valence-corrected chi connectivity index (χ2v) is 6.25. The van der Waals surface area contributed by atoms with E-state index >= 15 is 0 Å². The predicted octanol–water partition coefficient (Wildman–Crippen LogP) is 3.49. The maximum atomic E-state index is 5.45. The van der Waals surface area contributed by atoms with Gasteiger partial charge in [0.2, 0.25) is 0 Å². The SMILES string of the molecule is C=CCc1cc(CNCc2cnc(C)s2)cc(OC)c1OC. The van der Waals surface area contributed by atoms with Crippen LogP contribution in [-0.2, 0) is 19.5 Å². The summed E-state index contributed by atoms with van der Waals surface area (Å²) in [6, 6.07) is 4.14. The standard InChI is InChI=1S/C17H22N2O2S/c1-5-6-14-7-13(8-16(20-3)17(14)21-4)9-18-10-15-11-19-12(2)22-15/h5,7-8,11,18H,1,6,9-10H2,2-4H3. The van der Waals surface area contributed by atoms with Crippen LogP contribution in [0.5, 0.6) is 11.5 Å². The lowest BCUT2D eigenvalue weighted by molar-refractivity contribution is 0.351. The summed E-state index contributed by atoms with van der Waals surface area (Å²) >= 11 is 1.72. The van der Waals surface area contributed by atoms with Crippen molar-refractivity contribution in [3.8, 4) is 11.5 Å². The molecular formula is C17H22N2O2S. The third-order valence-corrected chi connectivity index (χ3v) is 4.19. The van der Waals surface area contributed by atoms with E-state index in [-0.39, 0.29) is 0 Å². The molecule has 0 fully saturated rings. The molecule has 5 heteroatoms.